The molecule has 1 aliphatic rings. The van der Waals surface area contributed by atoms with Crippen LogP contribution in [-0.4, -0.2) is 35.7 Å². The molecule has 2 heterocycles. The van der Waals surface area contributed by atoms with Crippen molar-refractivity contribution in [2.75, 3.05) is 26.2 Å². The summed E-state index contributed by atoms with van der Waals surface area (Å²) < 4.78 is 8.02. The fraction of sp³-hybridized carbons (Fsp3) is 0.500. The van der Waals surface area contributed by atoms with Gasteiger partial charge in [0.2, 0.25) is 0 Å². The van der Waals surface area contributed by atoms with Gasteiger partial charge < -0.3 is 15.0 Å². The number of ether oxygens (including phenoxy) is 1. The molecule has 108 valence electrons. The van der Waals surface area contributed by atoms with Crippen molar-refractivity contribution in [3.8, 4) is 5.75 Å². The molecule has 2 aromatic rings. The van der Waals surface area contributed by atoms with Crippen LogP contribution in [0.3, 0.4) is 0 Å². The fourth-order valence-corrected chi connectivity index (χ4v) is 3.01. The standard InChI is InChI=1S/C16H23N3O/c1-2-20-15-4-5-16-13(11-15)10-14-12-18(7-3-6-17)8-9-19(14)16/h4-5,10-11H,2-3,6-9,12,17H2,1H3. The van der Waals surface area contributed by atoms with Crippen LogP contribution in [0.5, 0.6) is 5.75 Å². The largest absolute Gasteiger partial charge is 0.494 e. The van der Waals surface area contributed by atoms with Crippen molar-refractivity contribution in [3.63, 3.8) is 0 Å². The number of aromatic nitrogens is 1. The highest BCUT2D eigenvalue weighted by Crippen LogP contribution is 2.27. The molecule has 0 saturated carbocycles. The minimum absolute atomic E-state index is 0.714. The van der Waals surface area contributed by atoms with Crippen molar-refractivity contribution in [2.24, 2.45) is 5.73 Å². The smallest absolute Gasteiger partial charge is 0.120 e. The van der Waals surface area contributed by atoms with Crippen molar-refractivity contribution >= 4 is 10.9 Å². The Morgan fingerprint density at radius 2 is 2.15 bits per heavy atom. The Bertz CT molecular complexity index is 591. The average molecular weight is 273 g/mol. The summed E-state index contributed by atoms with van der Waals surface area (Å²) >= 11 is 0. The number of hydrogen-bond acceptors (Lipinski definition) is 3. The molecule has 0 aliphatic carbocycles. The molecule has 4 heteroatoms. The molecular weight excluding hydrogens is 250 g/mol. The molecule has 0 unspecified atom stereocenters. The minimum Gasteiger partial charge on any atom is -0.494 e. The van der Waals surface area contributed by atoms with Crippen molar-refractivity contribution in [2.45, 2.75) is 26.4 Å². The summed E-state index contributed by atoms with van der Waals surface area (Å²) in [6.07, 6.45) is 1.08. The summed E-state index contributed by atoms with van der Waals surface area (Å²) in [5.41, 5.74) is 8.32. The quantitative estimate of drug-likeness (QED) is 0.908. The van der Waals surface area contributed by atoms with Gasteiger partial charge in [0.15, 0.2) is 0 Å². The highest BCUT2D eigenvalue weighted by Gasteiger charge is 2.18. The monoisotopic (exact) mass is 273 g/mol. The SMILES string of the molecule is CCOc1ccc2c(c1)cc1n2CCN(CCCN)C1. The molecule has 1 aromatic heterocycles. The zero-order valence-corrected chi connectivity index (χ0v) is 12.1. The normalized spacial score (nSPS) is 15.5. The van der Waals surface area contributed by atoms with E-state index < -0.39 is 0 Å². The van der Waals surface area contributed by atoms with Crippen LogP contribution >= 0.6 is 0 Å². The molecule has 0 amide bonds. The Morgan fingerprint density at radius 1 is 1.25 bits per heavy atom. The van der Waals surface area contributed by atoms with E-state index >= 15 is 0 Å². The second-order valence-electron chi connectivity index (χ2n) is 5.36. The third-order valence-electron chi connectivity index (χ3n) is 3.97. The van der Waals surface area contributed by atoms with Gasteiger partial charge in [0.25, 0.3) is 0 Å². The summed E-state index contributed by atoms with van der Waals surface area (Å²) in [5.74, 6) is 0.961. The van der Waals surface area contributed by atoms with E-state index in [1.54, 1.807) is 0 Å². The molecule has 4 nitrogen and oxygen atoms in total. The molecule has 0 saturated heterocycles. The first-order valence-corrected chi connectivity index (χ1v) is 7.49. The molecule has 0 radical (unpaired) electrons. The lowest BCUT2D eigenvalue weighted by Crippen LogP contribution is -2.34. The van der Waals surface area contributed by atoms with Gasteiger partial charge in [-0.25, -0.2) is 0 Å². The third-order valence-corrected chi connectivity index (χ3v) is 3.97. The summed E-state index contributed by atoms with van der Waals surface area (Å²) in [6, 6.07) is 8.69. The lowest BCUT2D eigenvalue weighted by molar-refractivity contribution is 0.222. The Balaban J connectivity index is 1.85. The second kappa shape index (κ2) is 5.85. The van der Waals surface area contributed by atoms with Gasteiger partial charge in [0.1, 0.15) is 5.75 Å². The van der Waals surface area contributed by atoms with Gasteiger partial charge in [-0.15, -0.1) is 0 Å². The molecule has 0 fully saturated rings. The van der Waals surface area contributed by atoms with E-state index in [1.165, 1.54) is 16.6 Å². The van der Waals surface area contributed by atoms with Crippen LogP contribution in [0.2, 0.25) is 0 Å². The highest BCUT2D eigenvalue weighted by molar-refractivity contribution is 5.83. The van der Waals surface area contributed by atoms with Gasteiger partial charge in [-0.2, -0.15) is 0 Å². The van der Waals surface area contributed by atoms with Gasteiger partial charge in [-0.1, -0.05) is 0 Å². The molecule has 20 heavy (non-hydrogen) atoms. The van der Waals surface area contributed by atoms with Gasteiger partial charge in [-0.05, 0) is 50.7 Å². The van der Waals surface area contributed by atoms with Crippen LogP contribution in [0.1, 0.15) is 19.0 Å². The first-order valence-electron chi connectivity index (χ1n) is 7.49. The van der Waals surface area contributed by atoms with Gasteiger partial charge >= 0.3 is 0 Å². The van der Waals surface area contributed by atoms with Crippen LogP contribution in [0.25, 0.3) is 10.9 Å². The number of nitrogens with zero attached hydrogens (tertiary/aromatic N) is 2. The van der Waals surface area contributed by atoms with Crippen LogP contribution in [0.15, 0.2) is 24.3 Å². The summed E-state index contributed by atoms with van der Waals surface area (Å²) in [6.45, 7) is 7.82. The zero-order chi connectivity index (χ0) is 13.9. The number of fused-ring (bicyclic) bond motifs is 3. The summed E-state index contributed by atoms with van der Waals surface area (Å²) in [4.78, 5) is 2.49. The maximum atomic E-state index is 5.60. The van der Waals surface area contributed by atoms with E-state index in [9.17, 15) is 0 Å². The average Bonchev–Trinajstić information content (AvgIpc) is 2.82. The van der Waals surface area contributed by atoms with Crippen LogP contribution in [0.4, 0.5) is 0 Å². The molecule has 0 spiro atoms. The van der Waals surface area contributed by atoms with Crippen LogP contribution in [-0.2, 0) is 13.1 Å². The fourth-order valence-electron chi connectivity index (χ4n) is 3.01. The number of nitrogens with two attached hydrogens (primary N) is 1. The molecule has 0 bridgehead atoms. The summed E-state index contributed by atoms with van der Waals surface area (Å²) in [5, 5.41) is 1.28. The molecular formula is C16H23N3O. The first kappa shape index (κ1) is 13.5. The molecule has 0 atom stereocenters. The van der Waals surface area contributed by atoms with Crippen molar-refractivity contribution in [1.82, 2.24) is 9.47 Å². The third kappa shape index (κ3) is 2.53. The van der Waals surface area contributed by atoms with E-state index in [2.05, 4.69) is 33.7 Å². The summed E-state index contributed by atoms with van der Waals surface area (Å²) in [7, 11) is 0. The molecule has 3 rings (SSSR count). The predicted molar refractivity (Wildman–Crippen MR) is 82.1 cm³/mol. The molecule has 1 aromatic carbocycles. The second-order valence-corrected chi connectivity index (χ2v) is 5.36. The molecule has 1 aliphatic heterocycles. The maximum Gasteiger partial charge on any atom is 0.120 e. The van der Waals surface area contributed by atoms with Crippen molar-refractivity contribution in [3.05, 3.63) is 30.0 Å². The maximum absolute atomic E-state index is 5.60. The number of benzene rings is 1. The zero-order valence-electron chi connectivity index (χ0n) is 12.1. The lowest BCUT2D eigenvalue weighted by atomic mass is 10.2. The lowest BCUT2D eigenvalue weighted by Gasteiger charge is -2.28. The topological polar surface area (TPSA) is 43.4 Å². The van der Waals surface area contributed by atoms with Gasteiger partial charge in [0.05, 0.1) is 6.61 Å². The first-order chi connectivity index (χ1) is 9.81. The van der Waals surface area contributed by atoms with Gasteiger partial charge in [-0.3, -0.25) is 4.90 Å². The van der Waals surface area contributed by atoms with Gasteiger partial charge in [0, 0.05) is 36.2 Å². The van der Waals surface area contributed by atoms with E-state index in [4.69, 9.17) is 10.5 Å². The Labute approximate surface area is 120 Å². The Morgan fingerprint density at radius 3 is 2.95 bits per heavy atom. The van der Waals surface area contributed by atoms with E-state index in [0.717, 1.165) is 44.9 Å². The van der Waals surface area contributed by atoms with E-state index in [1.807, 2.05) is 6.92 Å². The Kier molecular flexibility index (Phi) is 3.94. The van der Waals surface area contributed by atoms with E-state index in [-0.39, 0.29) is 0 Å². The number of hydrogen-bond donors (Lipinski definition) is 1. The van der Waals surface area contributed by atoms with Crippen LogP contribution in [0, 0.1) is 0 Å². The minimum atomic E-state index is 0.714. The highest BCUT2D eigenvalue weighted by atomic mass is 16.5. The van der Waals surface area contributed by atoms with Crippen molar-refractivity contribution in [1.29, 1.82) is 0 Å². The van der Waals surface area contributed by atoms with Crippen molar-refractivity contribution < 1.29 is 4.74 Å². The molecule has 2 N–H and O–H groups in total. The number of rotatable bonds is 5. The van der Waals surface area contributed by atoms with E-state index in [0.29, 0.717) is 6.61 Å². The Hall–Kier alpha value is -1.52. The predicted octanol–water partition coefficient (Wildman–Crippen LogP) is 2.20. The van der Waals surface area contributed by atoms with Crippen LogP contribution < -0.4 is 10.5 Å².